The first-order valence-corrected chi connectivity index (χ1v) is 7.62. The van der Waals surface area contributed by atoms with Crippen LogP contribution in [0.25, 0.3) is 0 Å². The molecule has 100 valence electrons. The Morgan fingerprint density at radius 1 is 1.39 bits per heavy atom. The van der Waals surface area contributed by atoms with Gasteiger partial charge in [-0.1, -0.05) is 30.3 Å². The minimum absolute atomic E-state index is 0.502. The van der Waals surface area contributed by atoms with Crippen molar-refractivity contribution in [3.8, 4) is 0 Å². The standard InChI is InChI=1S/C13H19NO3S/c1-18(17)9-5-8-12(13(15)16)14-10-11-6-3-2-4-7-11/h2-4,6-7,12,14H,5,8-10H2,1H3,(H,15,16)/t12-,18?/m0/s1. The molecule has 1 unspecified atom stereocenters. The summed E-state index contributed by atoms with van der Waals surface area (Å²) in [6.07, 6.45) is 2.79. The molecular formula is C13H19NO3S. The van der Waals surface area contributed by atoms with Gasteiger partial charge in [0.2, 0.25) is 0 Å². The van der Waals surface area contributed by atoms with E-state index >= 15 is 0 Å². The Morgan fingerprint density at radius 3 is 2.61 bits per heavy atom. The summed E-state index contributed by atoms with van der Waals surface area (Å²) in [7, 11) is -0.856. The lowest BCUT2D eigenvalue weighted by molar-refractivity contribution is -0.139. The van der Waals surface area contributed by atoms with Gasteiger partial charge in [-0.25, -0.2) is 0 Å². The minimum Gasteiger partial charge on any atom is -0.480 e. The maximum atomic E-state index is 11.1. The molecule has 0 aliphatic carbocycles. The van der Waals surface area contributed by atoms with Crippen molar-refractivity contribution in [2.75, 3.05) is 12.0 Å². The lowest BCUT2D eigenvalue weighted by Crippen LogP contribution is -2.36. The van der Waals surface area contributed by atoms with E-state index in [-0.39, 0.29) is 0 Å². The molecule has 0 amide bonds. The number of benzene rings is 1. The van der Waals surface area contributed by atoms with Crippen LogP contribution in [-0.4, -0.2) is 33.3 Å². The average Bonchev–Trinajstić information content (AvgIpc) is 2.34. The molecule has 0 spiro atoms. The molecule has 0 aliphatic heterocycles. The van der Waals surface area contributed by atoms with Crippen LogP contribution >= 0.6 is 0 Å². The van der Waals surface area contributed by atoms with Crippen LogP contribution < -0.4 is 5.32 Å². The molecule has 2 N–H and O–H groups in total. The zero-order valence-electron chi connectivity index (χ0n) is 10.5. The fourth-order valence-corrected chi connectivity index (χ4v) is 2.21. The molecular weight excluding hydrogens is 250 g/mol. The lowest BCUT2D eigenvalue weighted by Gasteiger charge is -2.14. The molecule has 5 heteroatoms. The first-order valence-electron chi connectivity index (χ1n) is 5.89. The summed E-state index contributed by atoms with van der Waals surface area (Å²) >= 11 is 0. The van der Waals surface area contributed by atoms with Crippen molar-refractivity contribution < 1.29 is 14.1 Å². The van der Waals surface area contributed by atoms with Crippen LogP contribution in [0.1, 0.15) is 18.4 Å². The second-order valence-electron chi connectivity index (χ2n) is 4.18. The number of rotatable bonds is 8. The SMILES string of the molecule is CS(=O)CCC[C@H](NCc1ccccc1)C(=O)O. The number of hydrogen-bond donors (Lipinski definition) is 2. The van der Waals surface area contributed by atoms with Gasteiger partial charge in [0.15, 0.2) is 0 Å². The summed E-state index contributed by atoms with van der Waals surface area (Å²) < 4.78 is 10.9. The van der Waals surface area contributed by atoms with Crippen molar-refractivity contribution in [1.29, 1.82) is 0 Å². The normalized spacial score (nSPS) is 14.1. The number of carbonyl (C=O) groups is 1. The molecule has 1 rings (SSSR count). The predicted octanol–water partition coefficient (Wildman–Crippen LogP) is 1.39. The van der Waals surface area contributed by atoms with Gasteiger partial charge in [0, 0.05) is 29.4 Å². The first-order chi connectivity index (χ1) is 8.59. The van der Waals surface area contributed by atoms with Crippen molar-refractivity contribution in [3.63, 3.8) is 0 Å². The second kappa shape index (κ2) is 8.00. The average molecular weight is 269 g/mol. The Kier molecular flexibility index (Phi) is 6.60. The Balaban J connectivity index is 2.38. The minimum atomic E-state index is -0.856. The molecule has 0 saturated heterocycles. The van der Waals surface area contributed by atoms with Crippen molar-refractivity contribution in [2.24, 2.45) is 0 Å². The molecule has 0 heterocycles. The third kappa shape index (κ3) is 5.93. The Bertz CT molecular complexity index is 394. The fraction of sp³-hybridized carbons (Fsp3) is 0.462. The lowest BCUT2D eigenvalue weighted by atomic mass is 10.1. The summed E-state index contributed by atoms with van der Waals surface area (Å²) in [4.78, 5) is 11.1. The van der Waals surface area contributed by atoms with Crippen molar-refractivity contribution in [2.45, 2.75) is 25.4 Å². The molecule has 0 radical (unpaired) electrons. The number of carboxylic acids is 1. The van der Waals surface area contributed by atoms with Gasteiger partial charge in [-0.2, -0.15) is 0 Å². The Hall–Kier alpha value is -1.20. The molecule has 0 bridgehead atoms. The van der Waals surface area contributed by atoms with Crippen molar-refractivity contribution in [1.82, 2.24) is 5.32 Å². The van der Waals surface area contributed by atoms with E-state index in [1.807, 2.05) is 30.3 Å². The number of carboxylic acid groups (broad SMARTS) is 1. The summed E-state index contributed by atoms with van der Waals surface area (Å²) in [6.45, 7) is 0.535. The van der Waals surface area contributed by atoms with E-state index in [2.05, 4.69) is 5.32 Å². The zero-order valence-corrected chi connectivity index (χ0v) is 11.3. The van der Waals surface area contributed by atoms with Crippen LogP contribution in [0.15, 0.2) is 30.3 Å². The monoisotopic (exact) mass is 269 g/mol. The van der Waals surface area contributed by atoms with E-state index in [1.165, 1.54) is 0 Å². The zero-order chi connectivity index (χ0) is 13.4. The van der Waals surface area contributed by atoms with Crippen LogP contribution in [-0.2, 0) is 22.1 Å². The Morgan fingerprint density at radius 2 is 2.06 bits per heavy atom. The molecule has 2 atom stereocenters. The molecule has 0 fully saturated rings. The highest BCUT2D eigenvalue weighted by Crippen LogP contribution is 2.03. The quantitative estimate of drug-likeness (QED) is 0.748. The third-order valence-electron chi connectivity index (χ3n) is 2.62. The summed E-state index contributed by atoms with van der Waals surface area (Å²) in [6, 6.07) is 9.10. The highest BCUT2D eigenvalue weighted by molar-refractivity contribution is 7.84. The number of aliphatic carboxylic acids is 1. The van der Waals surface area contributed by atoms with Gasteiger partial charge in [-0.05, 0) is 18.4 Å². The van der Waals surface area contributed by atoms with Crippen LogP contribution in [0, 0.1) is 0 Å². The van der Waals surface area contributed by atoms with Gasteiger partial charge < -0.3 is 10.4 Å². The first kappa shape index (κ1) is 14.9. The maximum absolute atomic E-state index is 11.1. The molecule has 0 aliphatic rings. The predicted molar refractivity (Wildman–Crippen MR) is 72.9 cm³/mol. The van der Waals surface area contributed by atoms with Gasteiger partial charge in [-0.3, -0.25) is 9.00 Å². The van der Waals surface area contributed by atoms with Crippen LogP contribution in [0.3, 0.4) is 0 Å². The van der Waals surface area contributed by atoms with E-state index in [4.69, 9.17) is 5.11 Å². The molecule has 18 heavy (non-hydrogen) atoms. The van der Waals surface area contributed by atoms with Crippen LogP contribution in [0.4, 0.5) is 0 Å². The van der Waals surface area contributed by atoms with Gasteiger partial charge in [0.25, 0.3) is 0 Å². The van der Waals surface area contributed by atoms with Gasteiger partial charge in [0.1, 0.15) is 6.04 Å². The maximum Gasteiger partial charge on any atom is 0.320 e. The van der Waals surface area contributed by atoms with Crippen molar-refractivity contribution >= 4 is 16.8 Å². The highest BCUT2D eigenvalue weighted by atomic mass is 32.2. The summed E-state index contributed by atoms with van der Waals surface area (Å²) in [5, 5.41) is 12.1. The second-order valence-corrected chi connectivity index (χ2v) is 5.73. The fourth-order valence-electron chi connectivity index (χ4n) is 1.64. The van der Waals surface area contributed by atoms with E-state index in [0.717, 1.165) is 5.56 Å². The number of nitrogens with one attached hydrogen (secondary N) is 1. The van der Waals surface area contributed by atoms with E-state index < -0.39 is 22.8 Å². The Labute approximate surface area is 110 Å². The van der Waals surface area contributed by atoms with Crippen LogP contribution in [0.5, 0.6) is 0 Å². The van der Waals surface area contributed by atoms with E-state index in [1.54, 1.807) is 6.26 Å². The van der Waals surface area contributed by atoms with Crippen molar-refractivity contribution in [3.05, 3.63) is 35.9 Å². The largest absolute Gasteiger partial charge is 0.480 e. The number of hydrogen-bond acceptors (Lipinski definition) is 3. The summed E-state index contributed by atoms with van der Waals surface area (Å²) in [5.41, 5.74) is 1.06. The molecule has 0 aromatic heterocycles. The van der Waals surface area contributed by atoms with E-state index in [0.29, 0.717) is 25.1 Å². The smallest absolute Gasteiger partial charge is 0.320 e. The highest BCUT2D eigenvalue weighted by Gasteiger charge is 2.16. The molecule has 1 aromatic carbocycles. The molecule has 1 aromatic rings. The molecule has 4 nitrogen and oxygen atoms in total. The van der Waals surface area contributed by atoms with Gasteiger partial charge >= 0.3 is 5.97 Å². The molecule has 0 saturated carbocycles. The van der Waals surface area contributed by atoms with Gasteiger partial charge in [-0.15, -0.1) is 0 Å². The van der Waals surface area contributed by atoms with Crippen LogP contribution in [0.2, 0.25) is 0 Å². The van der Waals surface area contributed by atoms with E-state index in [9.17, 15) is 9.00 Å². The van der Waals surface area contributed by atoms with Gasteiger partial charge in [0.05, 0.1) is 0 Å². The third-order valence-corrected chi connectivity index (χ3v) is 3.48. The topological polar surface area (TPSA) is 66.4 Å². The summed E-state index contributed by atoms with van der Waals surface area (Å²) in [5.74, 6) is -0.301.